The second kappa shape index (κ2) is 5.80. The van der Waals surface area contributed by atoms with Crippen LogP contribution in [0.2, 0.25) is 0 Å². The van der Waals surface area contributed by atoms with Crippen molar-refractivity contribution in [1.29, 1.82) is 0 Å². The van der Waals surface area contributed by atoms with Crippen molar-refractivity contribution in [1.82, 2.24) is 15.1 Å². The molecule has 0 aromatic carbocycles. The summed E-state index contributed by atoms with van der Waals surface area (Å²) in [5.41, 5.74) is 0.617. The molecule has 4 nitrogen and oxygen atoms in total. The molecule has 3 rings (SSSR count). The normalized spacial score (nSPS) is 27.9. The molecule has 108 valence electrons. The van der Waals surface area contributed by atoms with Crippen LogP contribution in [0.1, 0.15) is 38.5 Å². The Morgan fingerprint density at radius 2 is 1.58 bits per heavy atom. The molecule has 2 aliphatic heterocycles. The molecule has 1 spiro atoms. The van der Waals surface area contributed by atoms with Gasteiger partial charge in [-0.15, -0.1) is 0 Å². The quantitative estimate of drug-likeness (QED) is 0.811. The van der Waals surface area contributed by atoms with Gasteiger partial charge in [0.15, 0.2) is 0 Å². The summed E-state index contributed by atoms with van der Waals surface area (Å²) in [6, 6.07) is 0. The third-order valence-electron chi connectivity index (χ3n) is 5.41. The molecule has 1 amide bonds. The van der Waals surface area contributed by atoms with E-state index in [0.29, 0.717) is 17.9 Å². The third kappa shape index (κ3) is 3.11. The number of carbonyl (C=O) groups is 1. The van der Waals surface area contributed by atoms with Crippen molar-refractivity contribution in [3.05, 3.63) is 0 Å². The van der Waals surface area contributed by atoms with E-state index in [4.69, 9.17) is 0 Å². The average Bonchev–Trinajstić information content (AvgIpc) is 2.89. The van der Waals surface area contributed by atoms with E-state index in [2.05, 4.69) is 15.1 Å². The van der Waals surface area contributed by atoms with E-state index in [1.165, 1.54) is 38.5 Å². The molecule has 3 fully saturated rings. The Labute approximate surface area is 116 Å². The Morgan fingerprint density at radius 1 is 0.947 bits per heavy atom. The monoisotopic (exact) mass is 265 g/mol. The first kappa shape index (κ1) is 13.4. The predicted octanol–water partition coefficient (Wildman–Crippen LogP) is 1.07. The maximum atomic E-state index is 12.3. The van der Waals surface area contributed by atoms with Gasteiger partial charge in [0, 0.05) is 39.3 Å². The largest absolute Gasteiger partial charge is 0.342 e. The minimum absolute atomic E-state index is 0.356. The Bertz CT molecular complexity index is 309. The fourth-order valence-electron chi connectivity index (χ4n) is 4.02. The van der Waals surface area contributed by atoms with Gasteiger partial charge in [0.2, 0.25) is 5.91 Å². The number of hydrogen-bond donors (Lipinski definition) is 1. The Balaban J connectivity index is 1.46. The van der Waals surface area contributed by atoms with Crippen LogP contribution in [0, 0.1) is 5.41 Å². The van der Waals surface area contributed by atoms with Gasteiger partial charge in [-0.25, -0.2) is 0 Å². The SMILES string of the molecule is O=C(CN1CCNCC1)N1CCC2(CCCC2)CC1. The van der Waals surface area contributed by atoms with Crippen LogP contribution in [0.25, 0.3) is 0 Å². The number of carbonyl (C=O) groups excluding carboxylic acids is 1. The van der Waals surface area contributed by atoms with Crippen LogP contribution < -0.4 is 5.32 Å². The molecule has 2 heterocycles. The fraction of sp³-hybridized carbons (Fsp3) is 0.933. The van der Waals surface area contributed by atoms with E-state index in [1.807, 2.05) is 0 Å². The van der Waals surface area contributed by atoms with E-state index in [-0.39, 0.29) is 0 Å². The second-order valence-corrected chi connectivity index (χ2v) is 6.61. The van der Waals surface area contributed by atoms with E-state index in [0.717, 1.165) is 39.3 Å². The van der Waals surface area contributed by atoms with Gasteiger partial charge >= 0.3 is 0 Å². The number of nitrogens with one attached hydrogen (secondary N) is 1. The molecule has 0 atom stereocenters. The smallest absolute Gasteiger partial charge is 0.236 e. The molecule has 19 heavy (non-hydrogen) atoms. The summed E-state index contributed by atoms with van der Waals surface area (Å²) in [5.74, 6) is 0.356. The van der Waals surface area contributed by atoms with Crippen LogP contribution in [0.4, 0.5) is 0 Å². The fourth-order valence-corrected chi connectivity index (χ4v) is 4.02. The summed E-state index contributed by atoms with van der Waals surface area (Å²) in [6.07, 6.45) is 8.14. The standard InChI is InChI=1S/C15H27N3O/c19-14(13-17-11-7-16-8-12-17)18-9-5-15(6-10-18)3-1-2-4-15/h16H,1-13H2. The van der Waals surface area contributed by atoms with Crippen molar-refractivity contribution in [2.24, 2.45) is 5.41 Å². The van der Waals surface area contributed by atoms with Crippen molar-refractivity contribution in [2.75, 3.05) is 45.8 Å². The second-order valence-electron chi connectivity index (χ2n) is 6.61. The van der Waals surface area contributed by atoms with E-state index >= 15 is 0 Å². The number of amides is 1. The molecule has 0 radical (unpaired) electrons. The Morgan fingerprint density at radius 3 is 2.21 bits per heavy atom. The van der Waals surface area contributed by atoms with Crippen LogP contribution in [0.15, 0.2) is 0 Å². The zero-order chi connectivity index (χ0) is 13.1. The summed E-state index contributed by atoms with van der Waals surface area (Å²) in [5, 5.41) is 3.33. The third-order valence-corrected chi connectivity index (χ3v) is 5.41. The molecule has 1 N–H and O–H groups in total. The molecule has 0 bridgehead atoms. The van der Waals surface area contributed by atoms with Crippen LogP contribution in [-0.4, -0.2) is 61.5 Å². The zero-order valence-electron chi connectivity index (χ0n) is 12.0. The summed E-state index contributed by atoms with van der Waals surface area (Å²) in [6.45, 7) is 6.73. The van der Waals surface area contributed by atoms with Crippen LogP contribution in [0.3, 0.4) is 0 Å². The van der Waals surface area contributed by atoms with Gasteiger partial charge in [0.05, 0.1) is 6.54 Å². The highest BCUT2D eigenvalue weighted by atomic mass is 16.2. The van der Waals surface area contributed by atoms with Crippen molar-refractivity contribution in [2.45, 2.75) is 38.5 Å². The minimum Gasteiger partial charge on any atom is -0.342 e. The van der Waals surface area contributed by atoms with E-state index in [1.54, 1.807) is 0 Å². The number of rotatable bonds is 2. The molecule has 0 unspecified atom stereocenters. The van der Waals surface area contributed by atoms with Gasteiger partial charge < -0.3 is 10.2 Å². The van der Waals surface area contributed by atoms with Crippen LogP contribution in [0.5, 0.6) is 0 Å². The van der Waals surface area contributed by atoms with Crippen molar-refractivity contribution in [3.63, 3.8) is 0 Å². The average molecular weight is 265 g/mol. The first-order valence-corrected chi connectivity index (χ1v) is 7.98. The molecule has 0 aromatic heterocycles. The summed E-state index contributed by atoms with van der Waals surface area (Å²) in [7, 11) is 0. The zero-order valence-corrected chi connectivity index (χ0v) is 12.0. The highest BCUT2D eigenvalue weighted by molar-refractivity contribution is 5.78. The highest BCUT2D eigenvalue weighted by Gasteiger charge is 2.37. The lowest BCUT2D eigenvalue weighted by Gasteiger charge is -2.40. The van der Waals surface area contributed by atoms with Crippen LogP contribution >= 0.6 is 0 Å². The van der Waals surface area contributed by atoms with Crippen molar-refractivity contribution < 1.29 is 4.79 Å². The lowest BCUT2D eigenvalue weighted by Crippen LogP contribution is -2.50. The highest BCUT2D eigenvalue weighted by Crippen LogP contribution is 2.46. The molecule has 0 aromatic rings. The van der Waals surface area contributed by atoms with Gasteiger partial charge in [-0.05, 0) is 31.1 Å². The first-order chi connectivity index (χ1) is 9.27. The molecular weight excluding hydrogens is 238 g/mol. The predicted molar refractivity (Wildman–Crippen MR) is 76.0 cm³/mol. The molecular formula is C15H27N3O. The molecule has 2 saturated heterocycles. The number of nitrogens with zero attached hydrogens (tertiary/aromatic N) is 2. The number of hydrogen-bond acceptors (Lipinski definition) is 3. The lowest BCUT2D eigenvalue weighted by atomic mass is 9.77. The molecule has 1 aliphatic carbocycles. The molecule has 3 aliphatic rings. The lowest BCUT2D eigenvalue weighted by molar-refractivity contribution is -0.134. The maximum Gasteiger partial charge on any atom is 0.236 e. The van der Waals surface area contributed by atoms with E-state index in [9.17, 15) is 4.79 Å². The summed E-state index contributed by atoms with van der Waals surface area (Å²) in [4.78, 5) is 16.7. The first-order valence-electron chi connectivity index (χ1n) is 7.98. The number of piperazine rings is 1. The maximum absolute atomic E-state index is 12.3. The Kier molecular flexibility index (Phi) is 4.08. The van der Waals surface area contributed by atoms with Gasteiger partial charge in [-0.3, -0.25) is 9.69 Å². The van der Waals surface area contributed by atoms with Crippen LogP contribution in [-0.2, 0) is 4.79 Å². The van der Waals surface area contributed by atoms with E-state index < -0.39 is 0 Å². The van der Waals surface area contributed by atoms with Gasteiger partial charge in [0.1, 0.15) is 0 Å². The number of piperidine rings is 1. The number of likely N-dealkylation sites (tertiary alicyclic amines) is 1. The summed E-state index contributed by atoms with van der Waals surface area (Å²) >= 11 is 0. The topological polar surface area (TPSA) is 35.6 Å². The summed E-state index contributed by atoms with van der Waals surface area (Å²) < 4.78 is 0. The van der Waals surface area contributed by atoms with Gasteiger partial charge in [0.25, 0.3) is 0 Å². The molecule has 1 saturated carbocycles. The van der Waals surface area contributed by atoms with Crippen molar-refractivity contribution in [3.8, 4) is 0 Å². The van der Waals surface area contributed by atoms with Gasteiger partial charge in [-0.1, -0.05) is 12.8 Å². The van der Waals surface area contributed by atoms with Gasteiger partial charge in [-0.2, -0.15) is 0 Å². The Hall–Kier alpha value is -0.610. The molecule has 4 heteroatoms. The minimum atomic E-state index is 0.356. The van der Waals surface area contributed by atoms with Crippen molar-refractivity contribution >= 4 is 5.91 Å².